The Bertz CT molecular complexity index is 779. The molecule has 0 saturated carbocycles. The van der Waals surface area contributed by atoms with Crippen LogP contribution in [-0.2, 0) is 11.2 Å². The van der Waals surface area contributed by atoms with E-state index in [1.807, 2.05) is 18.2 Å². The molecule has 25 heavy (non-hydrogen) atoms. The Labute approximate surface area is 148 Å². The van der Waals surface area contributed by atoms with Crippen LogP contribution in [0.25, 0.3) is 0 Å². The number of nitro groups is 1. The first kappa shape index (κ1) is 17.1. The predicted molar refractivity (Wildman–Crippen MR) is 93.1 cm³/mol. The molecule has 130 valence electrons. The highest BCUT2D eigenvalue weighted by Crippen LogP contribution is 2.32. The SMILES string of the molecule is O=C(CSc1ccc([N+](=O)[O-])cc1)NCCc1ccc2c(c1)OCO2. The lowest BCUT2D eigenvalue weighted by Gasteiger charge is -2.06. The van der Waals surface area contributed by atoms with Crippen LogP contribution in [-0.4, -0.2) is 29.9 Å². The van der Waals surface area contributed by atoms with Crippen LogP contribution in [0, 0.1) is 10.1 Å². The first-order valence-corrected chi connectivity index (χ1v) is 8.63. The number of thioether (sulfide) groups is 1. The standard InChI is InChI=1S/C17H16N2O5S/c20-17(10-25-14-4-2-13(3-5-14)19(21)22)18-8-7-12-1-6-15-16(9-12)24-11-23-15/h1-6,9H,7-8,10-11H2,(H,18,20). The van der Waals surface area contributed by atoms with Gasteiger partial charge >= 0.3 is 0 Å². The summed E-state index contributed by atoms with van der Waals surface area (Å²) in [6, 6.07) is 11.9. The zero-order valence-electron chi connectivity index (χ0n) is 13.3. The van der Waals surface area contributed by atoms with E-state index >= 15 is 0 Å². The smallest absolute Gasteiger partial charge is 0.269 e. The zero-order valence-corrected chi connectivity index (χ0v) is 14.1. The number of rotatable bonds is 7. The fourth-order valence-corrected chi connectivity index (χ4v) is 3.04. The topological polar surface area (TPSA) is 90.7 Å². The number of nitrogens with zero attached hydrogens (tertiary/aromatic N) is 1. The molecular formula is C17H16N2O5S. The molecule has 8 heteroatoms. The molecule has 0 radical (unpaired) electrons. The van der Waals surface area contributed by atoms with Crippen molar-refractivity contribution < 1.29 is 19.2 Å². The lowest BCUT2D eigenvalue weighted by Crippen LogP contribution is -2.27. The van der Waals surface area contributed by atoms with Crippen LogP contribution >= 0.6 is 11.8 Å². The highest BCUT2D eigenvalue weighted by atomic mass is 32.2. The number of nitro benzene ring substituents is 1. The van der Waals surface area contributed by atoms with E-state index in [1.165, 1.54) is 23.9 Å². The second-order valence-electron chi connectivity index (χ2n) is 5.33. The minimum Gasteiger partial charge on any atom is -0.454 e. The summed E-state index contributed by atoms with van der Waals surface area (Å²) in [7, 11) is 0. The third kappa shape index (κ3) is 4.63. The van der Waals surface area contributed by atoms with Crippen molar-refractivity contribution in [2.75, 3.05) is 19.1 Å². The number of hydrogen-bond acceptors (Lipinski definition) is 6. The Balaban J connectivity index is 1.40. The summed E-state index contributed by atoms with van der Waals surface area (Å²) in [4.78, 5) is 22.8. The van der Waals surface area contributed by atoms with E-state index in [1.54, 1.807) is 12.1 Å². The minimum atomic E-state index is -0.447. The minimum absolute atomic E-state index is 0.0394. The van der Waals surface area contributed by atoms with E-state index in [0.717, 1.165) is 22.0 Å². The molecule has 0 aromatic heterocycles. The number of amides is 1. The Kier molecular flexibility index (Phi) is 5.39. The molecule has 1 aliphatic heterocycles. The monoisotopic (exact) mass is 360 g/mol. The summed E-state index contributed by atoms with van der Waals surface area (Å²) in [6.07, 6.45) is 0.699. The molecular weight excluding hydrogens is 344 g/mol. The summed E-state index contributed by atoms with van der Waals surface area (Å²) in [6.45, 7) is 0.773. The fraction of sp³-hybridized carbons (Fsp3) is 0.235. The lowest BCUT2D eigenvalue weighted by atomic mass is 10.1. The van der Waals surface area contributed by atoms with Gasteiger partial charge in [0.2, 0.25) is 12.7 Å². The van der Waals surface area contributed by atoms with Gasteiger partial charge in [0.15, 0.2) is 11.5 Å². The van der Waals surface area contributed by atoms with Crippen molar-refractivity contribution >= 4 is 23.4 Å². The molecule has 0 saturated heterocycles. The lowest BCUT2D eigenvalue weighted by molar-refractivity contribution is -0.384. The van der Waals surface area contributed by atoms with Crippen LogP contribution in [0.5, 0.6) is 11.5 Å². The van der Waals surface area contributed by atoms with Gasteiger partial charge in [-0.3, -0.25) is 14.9 Å². The van der Waals surface area contributed by atoms with Crippen molar-refractivity contribution in [2.45, 2.75) is 11.3 Å². The van der Waals surface area contributed by atoms with Crippen LogP contribution in [0.4, 0.5) is 5.69 Å². The van der Waals surface area contributed by atoms with Crippen molar-refractivity contribution in [3.63, 3.8) is 0 Å². The number of fused-ring (bicyclic) bond motifs is 1. The maximum absolute atomic E-state index is 11.9. The number of nitrogens with one attached hydrogen (secondary N) is 1. The van der Waals surface area contributed by atoms with Gasteiger partial charge < -0.3 is 14.8 Å². The number of non-ortho nitro benzene ring substituents is 1. The molecule has 0 spiro atoms. The van der Waals surface area contributed by atoms with Crippen LogP contribution in [0.15, 0.2) is 47.4 Å². The highest BCUT2D eigenvalue weighted by Gasteiger charge is 2.13. The van der Waals surface area contributed by atoms with Gasteiger partial charge in [0.25, 0.3) is 5.69 Å². The van der Waals surface area contributed by atoms with E-state index in [9.17, 15) is 14.9 Å². The maximum Gasteiger partial charge on any atom is 0.269 e. The molecule has 3 rings (SSSR count). The number of ether oxygens (including phenoxy) is 2. The Morgan fingerprint density at radius 1 is 1.16 bits per heavy atom. The average Bonchev–Trinajstić information content (AvgIpc) is 3.08. The summed E-state index contributed by atoms with van der Waals surface area (Å²) in [5.41, 5.74) is 1.10. The van der Waals surface area contributed by atoms with Crippen LogP contribution in [0.3, 0.4) is 0 Å². The molecule has 0 bridgehead atoms. The third-order valence-electron chi connectivity index (χ3n) is 3.59. The van der Waals surface area contributed by atoms with Gasteiger partial charge in [-0.1, -0.05) is 6.07 Å². The van der Waals surface area contributed by atoms with Crippen LogP contribution in [0.1, 0.15) is 5.56 Å². The Morgan fingerprint density at radius 2 is 1.92 bits per heavy atom. The van der Waals surface area contributed by atoms with Crippen LogP contribution in [0.2, 0.25) is 0 Å². The molecule has 1 aliphatic rings. The molecule has 0 unspecified atom stereocenters. The van der Waals surface area contributed by atoms with Crippen LogP contribution < -0.4 is 14.8 Å². The molecule has 0 aliphatic carbocycles. The quantitative estimate of drug-likeness (QED) is 0.464. The van der Waals surface area contributed by atoms with Crippen molar-refractivity contribution in [3.8, 4) is 11.5 Å². The molecule has 1 amide bonds. The fourth-order valence-electron chi connectivity index (χ4n) is 2.31. The van der Waals surface area contributed by atoms with Gasteiger partial charge in [0.05, 0.1) is 10.7 Å². The first-order chi connectivity index (χ1) is 12.1. The van der Waals surface area contributed by atoms with Crippen molar-refractivity contribution in [1.29, 1.82) is 0 Å². The first-order valence-electron chi connectivity index (χ1n) is 7.64. The summed E-state index contributed by atoms with van der Waals surface area (Å²) < 4.78 is 10.6. The van der Waals surface area contributed by atoms with Gasteiger partial charge in [-0.15, -0.1) is 11.8 Å². The number of carbonyl (C=O) groups is 1. The number of benzene rings is 2. The molecule has 0 atom stereocenters. The molecule has 1 heterocycles. The molecule has 7 nitrogen and oxygen atoms in total. The Hall–Kier alpha value is -2.74. The molecule has 0 fully saturated rings. The normalized spacial score (nSPS) is 12.0. The van der Waals surface area contributed by atoms with Gasteiger partial charge in [-0.05, 0) is 36.2 Å². The van der Waals surface area contributed by atoms with Gasteiger partial charge in [0.1, 0.15) is 0 Å². The van der Waals surface area contributed by atoms with E-state index in [4.69, 9.17) is 9.47 Å². The number of hydrogen-bond donors (Lipinski definition) is 1. The third-order valence-corrected chi connectivity index (χ3v) is 4.60. The van der Waals surface area contributed by atoms with Gasteiger partial charge in [0, 0.05) is 23.6 Å². The summed E-state index contributed by atoms with van der Waals surface area (Å²) in [5.74, 6) is 1.66. The molecule has 2 aromatic rings. The predicted octanol–water partition coefficient (Wildman–Crippen LogP) is 2.77. The largest absolute Gasteiger partial charge is 0.454 e. The van der Waals surface area contributed by atoms with Gasteiger partial charge in [-0.2, -0.15) is 0 Å². The second kappa shape index (κ2) is 7.89. The summed E-state index contributed by atoms with van der Waals surface area (Å²) >= 11 is 1.34. The zero-order chi connectivity index (χ0) is 17.6. The van der Waals surface area contributed by atoms with Crippen molar-refractivity contribution in [2.24, 2.45) is 0 Å². The van der Waals surface area contributed by atoms with E-state index < -0.39 is 4.92 Å². The summed E-state index contributed by atoms with van der Waals surface area (Å²) in [5, 5.41) is 13.5. The van der Waals surface area contributed by atoms with Gasteiger partial charge in [-0.25, -0.2) is 0 Å². The van der Waals surface area contributed by atoms with E-state index in [2.05, 4.69) is 5.32 Å². The second-order valence-corrected chi connectivity index (χ2v) is 6.38. The molecule has 2 aromatic carbocycles. The average molecular weight is 360 g/mol. The number of carbonyl (C=O) groups excluding carboxylic acids is 1. The van der Waals surface area contributed by atoms with Crippen molar-refractivity contribution in [1.82, 2.24) is 5.32 Å². The highest BCUT2D eigenvalue weighted by molar-refractivity contribution is 8.00. The van der Waals surface area contributed by atoms with E-state index in [0.29, 0.717) is 13.0 Å². The Morgan fingerprint density at radius 3 is 2.68 bits per heavy atom. The van der Waals surface area contributed by atoms with E-state index in [-0.39, 0.29) is 24.1 Å². The van der Waals surface area contributed by atoms with Crippen molar-refractivity contribution in [3.05, 3.63) is 58.1 Å². The molecule has 1 N–H and O–H groups in total. The maximum atomic E-state index is 11.9.